The van der Waals surface area contributed by atoms with Crippen molar-refractivity contribution in [1.29, 1.82) is 0 Å². The van der Waals surface area contributed by atoms with Crippen LogP contribution in [0.25, 0.3) is 11.1 Å². The van der Waals surface area contributed by atoms with E-state index in [0.717, 1.165) is 0 Å². The molecule has 88 valence electrons. The van der Waals surface area contributed by atoms with Crippen LogP contribution in [0.15, 0.2) is 30.3 Å². The van der Waals surface area contributed by atoms with E-state index < -0.39 is 34.6 Å². The molecule has 0 radical (unpaired) electrons. The Bertz CT molecular complexity index is 534. The van der Waals surface area contributed by atoms with Gasteiger partial charge in [-0.05, 0) is 5.56 Å². The zero-order valence-electron chi connectivity index (χ0n) is 8.28. The van der Waals surface area contributed by atoms with Crippen LogP contribution in [0.5, 0.6) is 0 Å². The molecule has 2 aromatic carbocycles. The molecule has 5 heteroatoms. The van der Waals surface area contributed by atoms with Gasteiger partial charge >= 0.3 is 0 Å². The van der Waals surface area contributed by atoms with Crippen molar-refractivity contribution in [2.75, 3.05) is 0 Å². The Labute approximate surface area is 93.3 Å². The molecule has 0 spiro atoms. The maximum atomic E-state index is 13.4. The molecule has 0 fully saturated rings. The van der Waals surface area contributed by atoms with Crippen molar-refractivity contribution in [3.05, 3.63) is 59.4 Å². The predicted molar refractivity (Wildman–Crippen MR) is 51.7 cm³/mol. The van der Waals surface area contributed by atoms with Crippen LogP contribution in [0.1, 0.15) is 0 Å². The Morgan fingerprint density at radius 3 is 1.41 bits per heavy atom. The molecule has 0 amide bonds. The third kappa shape index (κ3) is 1.77. The monoisotopic (exact) mass is 244 g/mol. The van der Waals surface area contributed by atoms with Gasteiger partial charge in [-0.3, -0.25) is 0 Å². The lowest BCUT2D eigenvalue weighted by molar-refractivity contribution is 0.381. The van der Waals surface area contributed by atoms with Gasteiger partial charge in [-0.25, -0.2) is 22.0 Å². The minimum Gasteiger partial charge on any atom is -0.203 e. The Morgan fingerprint density at radius 1 is 0.529 bits per heavy atom. The summed E-state index contributed by atoms with van der Waals surface area (Å²) in [5.74, 6) is -9.69. The highest BCUT2D eigenvalue weighted by Crippen LogP contribution is 2.31. The second-order valence-electron chi connectivity index (χ2n) is 3.31. The maximum absolute atomic E-state index is 13.4. The third-order valence-electron chi connectivity index (χ3n) is 2.27. The first kappa shape index (κ1) is 11.6. The van der Waals surface area contributed by atoms with Gasteiger partial charge in [-0.2, -0.15) is 0 Å². The summed E-state index contributed by atoms with van der Waals surface area (Å²) in [5, 5.41) is 0. The topological polar surface area (TPSA) is 0 Å². The molecular formula is C12H5F5. The molecule has 2 aromatic rings. The van der Waals surface area contributed by atoms with E-state index in [4.69, 9.17) is 0 Å². The largest absolute Gasteiger partial charge is 0.203 e. The molecule has 17 heavy (non-hydrogen) atoms. The molecule has 0 heterocycles. The van der Waals surface area contributed by atoms with E-state index in [0.29, 0.717) is 0 Å². The predicted octanol–water partition coefficient (Wildman–Crippen LogP) is 4.05. The van der Waals surface area contributed by atoms with Crippen LogP contribution in [0, 0.1) is 29.1 Å². The Balaban J connectivity index is 2.80. The van der Waals surface area contributed by atoms with Crippen LogP contribution in [0.3, 0.4) is 0 Å². The lowest BCUT2D eigenvalue weighted by atomic mass is 10.0. The second-order valence-corrected chi connectivity index (χ2v) is 3.31. The summed E-state index contributed by atoms with van der Waals surface area (Å²) in [7, 11) is 0. The minimum absolute atomic E-state index is 0.0692. The number of hydrogen-bond donors (Lipinski definition) is 0. The van der Waals surface area contributed by atoms with Crippen molar-refractivity contribution < 1.29 is 22.0 Å². The molecule has 0 aliphatic rings. The summed E-state index contributed by atoms with van der Waals surface area (Å²) in [6, 6.07) is 6.97. The number of halogens is 5. The number of rotatable bonds is 1. The highest BCUT2D eigenvalue weighted by atomic mass is 19.2. The quantitative estimate of drug-likeness (QED) is 0.403. The molecule has 0 aliphatic carbocycles. The van der Waals surface area contributed by atoms with E-state index in [1.807, 2.05) is 0 Å². The average Bonchev–Trinajstić information content (AvgIpc) is 2.36. The van der Waals surface area contributed by atoms with Crippen molar-refractivity contribution in [3.8, 4) is 11.1 Å². The minimum atomic E-state index is -2.15. The molecule has 0 unspecified atom stereocenters. The lowest BCUT2D eigenvalue weighted by Crippen LogP contribution is -2.03. The van der Waals surface area contributed by atoms with Crippen molar-refractivity contribution in [3.63, 3.8) is 0 Å². The van der Waals surface area contributed by atoms with Gasteiger partial charge in [0.05, 0.1) is 5.56 Å². The van der Waals surface area contributed by atoms with Crippen LogP contribution < -0.4 is 0 Å². The van der Waals surface area contributed by atoms with Gasteiger partial charge in [-0.1, -0.05) is 30.3 Å². The van der Waals surface area contributed by atoms with Crippen LogP contribution in [-0.4, -0.2) is 0 Å². The Morgan fingerprint density at radius 2 is 0.941 bits per heavy atom. The Hall–Kier alpha value is -1.91. The summed E-state index contributed by atoms with van der Waals surface area (Å²) in [6.45, 7) is 0. The van der Waals surface area contributed by atoms with E-state index in [1.54, 1.807) is 6.07 Å². The zero-order valence-corrected chi connectivity index (χ0v) is 8.28. The van der Waals surface area contributed by atoms with Gasteiger partial charge in [0.15, 0.2) is 23.3 Å². The van der Waals surface area contributed by atoms with E-state index in [1.165, 1.54) is 24.3 Å². The fourth-order valence-corrected chi connectivity index (χ4v) is 1.46. The molecular weight excluding hydrogens is 239 g/mol. The molecule has 0 saturated heterocycles. The fraction of sp³-hybridized carbons (Fsp3) is 0. The van der Waals surface area contributed by atoms with Gasteiger partial charge in [0.25, 0.3) is 0 Å². The van der Waals surface area contributed by atoms with E-state index in [9.17, 15) is 22.0 Å². The molecule has 0 bridgehead atoms. The van der Waals surface area contributed by atoms with Gasteiger partial charge in [-0.15, -0.1) is 0 Å². The van der Waals surface area contributed by atoms with E-state index in [-0.39, 0.29) is 5.56 Å². The molecule has 0 atom stereocenters. The molecule has 0 aromatic heterocycles. The summed E-state index contributed by atoms with van der Waals surface area (Å²) < 4.78 is 65.4. The van der Waals surface area contributed by atoms with Gasteiger partial charge < -0.3 is 0 Å². The molecule has 0 saturated carbocycles. The summed E-state index contributed by atoms with van der Waals surface area (Å²) >= 11 is 0. The van der Waals surface area contributed by atoms with Crippen LogP contribution in [0.2, 0.25) is 0 Å². The number of hydrogen-bond acceptors (Lipinski definition) is 0. The summed E-state index contributed by atoms with van der Waals surface area (Å²) in [5.41, 5.74) is -0.984. The fourth-order valence-electron chi connectivity index (χ4n) is 1.46. The van der Waals surface area contributed by atoms with Crippen LogP contribution >= 0.6 is 0 Å². The van der Waals surface area contributed by atoms with Crippen LogP contribution in [0.4, 0.5) is 22.0 Å². The smallest absolute Gasteiger partial charge is 0.200 e. The van der Waals surface area contributed by atoms with Crippen molar-refractivity contribution >= 4 is 0 Å². The first-order valence-corrected chi connectivity index (χ1v) is 4.61. The molecule has 0 N–H and O–H groups in total. The SMILES string of the molecule is Fc1c(F)c(F)c(-c2ccccc2)c(F)c1F. The average molecular weight is 244 g/mol. The Kier molecular flexibility index (Phi) is 2.83. The second kappa shape index (κ2) is 4.16. The zero-order chi connectivity index (χ0) is 12.6. The highest BCUT2D eigenvalue weighted by Gasteiger charge is 2.26. The molecule has 2 rings (SSSR count). The highest BCUT2D eigenvalue weighted by molar-refractivity contribution is 5.65. The van der Waals surface area contributed by atoms with Gasteiger partial charge in [0.1, 0.15) is 0 Å². The first-order chi connectivity index (χ1) is 8.04. The van der Waals surface area contributed by atoms with Crippen molar-refractivity contribution in [2.45, 2.75) is 0 Å². The maximum Gasteiger partial charge on any atom is 0.200 e. The van der Waals surface area contributed by atoms with E-state index in [2.05, 4.69) is 0 Å². The summed E-state index contributed by atoms with van der Waals surface area (Å²) in [6.07, 6.45) is 0. The standard InChI is InChI=1S/C12H5F5/c13-8-7(6-4-2-1-3-5-6)9(14)11(16)12(17)10(8)15/h1-5H. The van der Waals surface area contributed by atoms with Crippen molar-refractivity contribution in [2.24, 2.45) is 0 Å². The summed E-state index contributed by atoms with van der Waals surface area (Å²) in [4.78, 5) is 0. The molecule has 0 aliphatic heterocycles. The van der Waals surface area contributed by atoms with E-state index >= 15 is 0 Å². The third-order valence-corrected chi connectivity index (χ3v) is 2.27. The van der Waals surface area contributed by atoms with Crippen LogP contribution in [-0.2, 0) is 0 Å². The normalized spacial score (nSPS) is 10.6. The van der Waals surface area contributed by atoms with Gasteiger partial charge in [0.2, 0.25) is 5.82 Å². The first-order valence-electron chi connectivity index (χ1n) is 4.61. The van der Waals surface area contributed by atoms with Gasteiger partial charge in [0, 0.05) is 0 Å². The lowest BCUT2D eigenvalue weighted by Gasteiger charge is -2.07. The molecule has 0 nitrogen and oxygen atoms in total. The van der Waals surface area contributed by atoms with Crippen molar-refractivity contribution in [1.82, 2.24) is 0 Å². The number of benzene rings is 2.